The highest BCUT2D eigenvalue weighted by molar-refractivity contribution is 7.25. The molecule has 0 fully saturated rings. The first kappa shape index (κ1) is 31.6. The minimum atomic E-state index is 0.904. The van der Waals surface area contributed by atoms with E-state index in [0.29, 0.717) is 0 Å². The fourth-order valence-electron chi connectivity index (χ4n) is 8.17. The van der Waals surface area contributed by atoms with Crippen LogP contribution in [0.2, 0.25) is 0 Å². The van der Waals surface area contributed by atoms with Crippen LogP contribution in [0.25, 0.3) is 86.3 Å². The fourth-order valence-corrected chi connectivity index (χ4v) is 9.31. The van der Waals surface area contributed by atoms with Crippen molar-refractivity contribution in [1.82, 2.24) is 0 Å². The topological polar surface area (TPSA) is 16.4 Å². The van der Waals surface area contributed by atoms with Crippen molar-refractivity contribution >= 4 is 81.3 Å². The van der Waals surface area contributed by atoms with Gasteiger partial charge in [0, 0.05) is 53.4 Å². The van der Waals surface area contributed by atoms with Crippen LogP contribution in [0.5, 0.6) is 0 Å². The van der Waals surface area contributed by atoms with Gasteiger partial charge in [0.2, 0.25) is 0 Å². The molecule has 0 aliphatic carbocycles. The molecular formula is C52H33NOS. The Bertz CT molecular complexity index is 3170. The van der Waals surface area contributed by atoms with E-state index in [2.05, 4.69) is 205 Å². The van der Waals surface area contributed by atoms with Gasteiger partial charge in [-0.25, -0.2) is 0 Å². The van der Waals surface area contributed by atoms with Crippen molar-refractivity contribution in [2.75, 3.05) is 4.90 Å². The molecule has 3 heteroatoms. The van der Waals surface area contributed by atoms with Gasteiger partial charge in [0.25, 0.3) is 0 Å². The summed E-state index contributed by atoms with van der Waals surface area (Å²) in [5.41, 5.74) is 12.3. The SMILES string of the molecule is c1ccc(-c2ccc(-c3ccc(N(c4ccc(-c5cccc6oc7c8ccccc8ccc7c56)cc4)c4ccc5c(c4)sc4ccccc45)cc3)cc2)cc1. The minimum Gasteiger partial charge on any atom is -0.455 e. The summed E-state index contributed by atoms with van der Waals surface area (Å²) in [7, 11) is 0. The summed E-state index contributed by atoms with van der Waals surface area (Å²) in [5, 5.41) is 7.21. The molecule has 0 amide bonds. The predicted molar refractivity (Wildman–Crippen MR) is 235 cm³/mol. The Hall–Kier alpha value is -6.94. The Morgan fingerprint density at radius 1 is 0.364 bits per heavy atom. The monoisotopic (exact) mass is 719 g/mol. The van der Waals surface area contributed by atoms with E-state index in [9.17, 15) is 0 Å². The van der Waals surface area contributed by atoms with Gasteiger partial charge in [0.1, 0.15) is 11.2 Å². The summed E-state index contributed by atoms with van der Waals surface area (Å²) in [5.74, 6) is 0. The minimum absolute atomic E-state index is 0.904. The summed E-state index contributed by atoms with van der Waals surface area (Å²) in [4.78, 5) is 2.37. The van der Waals surface area contributed by atoms with Crippen molar-refractivity contribution in [1.29, 1.82) is 0 Å². The first-order valence-electron chi connectivity index (χ1n) is 18.7. The van der Waals surface area contributed by atoms with E-state index in [1.165, 1.54) is 53.4 Å². The fraction of sp³-hybridized carbons (Fsp3) is 0. The van der Waals surface area contributed by atoms with Crippen molar-refractivity contribution in [2.24, 2.45) is 0 Å². The molecule has 0 radical (unpaired) electrons. The maximum Gasteiger partial charge on any atom is 0.143 e. The molecule has 0 aliphatic heterocycles. The average Bonchev–Trinajstić information content (AvgIpc) is 3.83. The number of hydrogen-bond donors (Lipinski definition) is 0. The molecule has 0 N–H and O–H groups in total. The van der Waals surface area contributed by atoms with Crippen molar-refractivity contribution < 1.29 is 4.42 Å². The quantitative estimate of drug-likeness (QED) is 0.170. The second kappa shape index (κ2) is 12.9. The Labute approximate surface area is 322 Å². The van der Waals surface area contributed by atoms with Gasteiger partial charge in [-0.1, -0.05) is 146 Å². The number of hydrogen-bond acceptors (Lipinski definition) is 3. The van der Waals surface area contributed by atoms with Crippen LogP contribution in [0.1, 0.15) is 0 Å². The van der Waals surface area contributed by atoms with Gasteiger partial charge < -0.3 is 9.32 Å². The third-order valence-electron chi connectivity index (χ3n) is 10.9. The molecule has 2 aromatic heterocycles. The lowest BCUT2D eigenvalue weighted by Gasteiger charge is -2.26. The molecule has 258 valence electrons. The number of fused-ring (bicyclic) bond motifs is 8. The first-order chi connectivity index (χ1) is 27.2. The highest BCUT2D eigenvalue weighted by atomic mass is 32.1. The van der Waals surface area contributed by atoms with Gasteiger partial charge >= 0.3 is 0 Å². The Morgan fingerprint density at radius 3 is 1.67 bits per heavy atom. The molecule has 11 aromatic rings. The predicted octanol–water partition coefficient (Wildman–Crippen LogP) is 15.6. The van der Waals surface area contributed by atoms with Crippen molar-refractivity contribution in [2.45, 2.75) is 0 Å². The van der Waals surface area contributed by atoms with E-state index in [1.807, 2.05) is 11.3 Å². The highest BCUT2D eigenvalue weighted by Crippen LogP contribution is 2.43. The lowest BCUT2D eigenvalue weighted by Crippen LogP contribution is -2.09. The number of rotatable bonds is 6. The van der Waals surface area contributed by atoms with Crippen LogP contribution >= 0.6 is 11.3 Å². The second-order valence-electron chi connectivity index (χ2n) is 14.1. The summed E-state index contributed by atoms with van der Waals surface area (Å²) < 4.78 is 9.11. The molecular weight excluding hydrogens is 687 g/mol. The maximum atomic E-state index is 6.52. The molecule has 2 nitrogen and oxygen atoms in total. The van der Waals surface area contributed by atoms with Gasteiger partial charge in [-0.15, -0.1) is 11.3 Å². The largest absolute Gasteiger partial charge is 0.455 e. The van der Waals surface area contributed by atoms with Gasteiger partial charge in [-0.05, 0) is 93.4 Å². The maximum absolute atomic E-state index is 6.52. The van der Waals surface area contributed by atoms with Gasteiger partial charge in [-0.2, -0.15) is 0 Å². The third-order valence-corrected chi connectivity index (χ3v) is 12.0. The Morgan fingerprint density at radius 2 is 0.927 bits per heavy atom. The van der Waals surface area contributed by atoms with E-state index in [-0.39, 0.29) is 0 Å². The number of furan rings is 1. The molecule has 2 heterocycles. The van der Waals surface area contributed by atoms with Crippen LogP contribution in [0.3, 0.4) is 0 Å². The van der Waals surface area contributed by atoms with E-state index < -0.39 is 0 Å². The van der Waals surface area contributed by atoms with E-state index in [0.717, 1.165) is 50.0 Å². The third kappa shape index (κ3) is 5.40. The molecule has 0 saturated heterocycles. The number of benzene rings is 9. The average molecular weight is 720 g/mol. The smallest absolute Gasteiger partial charge is 0.143 e. The summed E-state index contributed by atoms with van der Waals surface area (Å²) in [6.45, 7) is 0. The number of thiophene rings is 1. The Balaban J connectivity index is 0.999. The normalized spacial score (nSPS) is 11.6. The van der Waals surface area contributed by atoms with Gasteiger partial charge in [0.15, 0.2) is 0 Å². The molecule has 0 atom stereocenters. The lowest BCUT2D eigenvalue weighted by molar-refractivity contribution is 0.673. The van der Waals surface area contributed by atoms with Crippen LogP contribution in [-0.2, 0) is 0 Å². The van der Waals surface area contributed by atoms with Crippen LogP contribution in [0.15, 0.2) is 205 Å². The standard InChI is InChI=1S/C52H33NOS/c1-2-9-34(10-3-1)35-17-19-36(20-18-35)37-21-26-40(27-22-37)53(42-30-32-46-45-13-6-7-16-49(45)55-50(46)33-42)41-28-23-39(24-29-41)43-14-8-15-48-51(43)47-31-25-38-11-4-5-12-44(38)52(47)54-48/h1-33H. The molecule has 9 aromatic carbocycles. The van der Waals surface area contributed by atoms with Crippen molar-refractivity contribution in [3.05, 3.63) is 200 Å². The molecule has 0 saturated carbocycles. The summed E-state index contributed by atoms with van der Waals surface area (Å²) in [6, 6.07) is 72.1. The molecule has 0 bridgehead atoms. The Kier molecular flexibility index (Phi) is 7.39. The van der Waals surface area contributed by atoms with Crippen LogP contribution in [0, 0.1) is 0 Å². The first-order valence-corrected chi connectivity index (χ1v) is 19.5. The van der Waals surface area contributed by atoms with Crippen molar-refractivity contribution in [3.63, 3.8) is 0 Å². The zero-order valence-corrected chi connectivity index (χ0v) is 30.6. The molecule has 0 aliphatic rings. The van der Waals surface area contributed by atoms with Crippen LogP contribution < -0.4 is 4.90 Å². The zero-order chi connectivity index (χ0) is 36.3. The molecule has 0 spiro atoms. The number of nitrogens with zero attached hydrogens (tertiary/aromatic N) is 1. The highest BCUT2D eigenvalue weighted by Gasteiger charge is 2.18. The van der Waals surface area contributed by atoms with E-state index >= 15 is 0 Å². The van der Waals surface area contributed by atoms with Crippen LogP contribution in [0.4, 0.5) is 17.1 Å². The van der Waals surface area contributed by atoms with E-state index in [1.54, 1.807) is 0 Å². The zero-order valence-electron chi connectivity index (χ0n) is 29.8. The van der Waals surface area contributed by atoms with Crippen LogP contribution in [-0.4, -0.2) is 0 Å². The second-order valence-corrected chi connectivity index (χ2v) is 15.2. The molecule has 11 rings (SSSR count). The number of anilines is 3. The summed E-state index contributed by atoms with van der Waals surface area (Å²) >= 11 is 1.85. The van der Waals surface area contributed by atoms with Crippen molar-refractivity contribution in [3.8, 4) is 33.4 Å². The molecule has 55 heavy (non-hydrogen) atoms. The molecule has 0 unspecified atom stereocenters. The van der Waals surface area contributed by atoms with Gasteiger partial charge in [0.05, 0.1) is 0 Å². The summed E-state index contributed by atoms with van der Waals surface area (Å²) in [6.07, 6.45) is 0. The van der Waals surface area contributed by atoms with Gasteiger partial charge in [-0.3, -0.25) is 0 Å². The lowest BCUT2D eigenvalue weighted by atomic mass is 9.98. The van der Waals surface area contributed by atoms with E-state index in [4.69, 9.17) is 4.42 Å².